The number of rotatable bonds is 5. The Morgan fingerprint density at radius 1 is 1.22 bits per heavy atom. The van der Waals surface area contributed by atoms with Gasteiger partial charge in [0.15, 0.2) is 0 Å². The van der Waals surface area contributed by atoms with Crippen LogP contribution in [0.25, 0.3) is 0 Å². The van der Waals surface area contributed by atoms with E-state index in [-0.39, 0.29) is 6.10 Å². The Bertz CT molecular complexity index is 395. The third-order valence-electron chi connectivity index (χ3n) is 2.91. The second-order valence-electron chi connectivity index (χ2n) is 4.19. The second-order valence-corrected chi connectivity index (χ2v) is 4.19. The van der Waals surface area contributed by atoms with E-state index in [0.29, 0.717) is 0 Å². The molecule has 98 valence electrons. The molecule has 2 rings (SSSR count). The van der Waals surface area contributed by atoms with Crippen LogP contribution >= 0.6 is 0 Å². The van der Waals surface area contributed by atoms with E-state index >= 15 is 0 Å². The molecule has 18 heavy (non-hydrogen) atoms. The van der Waals surface area contributed by atoms with Crippen LogP contribution in [-0.2, 0) is 4.74 Å². The monoisotopic (exact) mass is 249 g/mol. The summed E-state index contributed by atoms with van der Waals surface area (Å²) in [6, 6.07) is 5.74. The lowest BCUT2D eigenvalue weighted by Gasteiger charge is -2.20. The first-order valence-corrected chi connectivity index (χ1v) is 6.09. The molecular formula is C14H19NO3. The number of allylic oxidation sites excluding steroid dienone is 1. The van der Waals surface area contributed by atoms with Gasteiger partial charge in [0.2, 0.25) is 0 Å². The highest BCUT2D eigenvalue weighted by molar-refractivity contribution is 5.53. The van der Waals surface area contributed by atoms with Gasteiger partial charge in [0.1, 0.15) is 17.6 Å². The molecular weight excluding hydrogens is 230 g/mol. The first-order valence-electron chi connectivity index (χ1n) is 6.09. The van der Waals surface area contributed by atoms with Crippen LogP contribution in [0.3, 0.4) is 0 Å². The van der Waals surface area contributed by atoms with Crippen molar-refractivity contribution in [3.8, 4) is 11.5 Å². The highest BCUT2D eigenvalue weighted by Gasteiger charge is 2.11. The number of hydrogen-bond donors (Lipinski definition) is 1. The SMILES string of the molecule is COc1cc(NCC2CCC=CO2)cc(OC)c1. The van der Waals surface area contributed by atoms with Crippen LogP contribution in [0.4, 0.5) is 5.69 Å². The minimum absolute atomic E-state index is 0.229. The average Bonchev–Trinajstić information content (AvgIpc) is 2.45. The molecule has 0 spiro atoms. The van der Waals surface area contributed by atoms with E-state index in [2.05, 4.69) is 5.32 Å². The standard InChI is InChI=1S/C14H19NO3/c1-16-13-7-11(8-14(9-13)17-2)15-10-12-5-3-4-6-18-12/h4,6-9,12,15H,3,5,10H2,1-2H3. The molecule has 1 aliphatic heterocycles. The van der Waals surface area contributed by atoms with Gasteiger partial charge in [-0.25, -0.2) is 0 Å². The zero-order chi connectivity index (χ0) is 12.8. The van der Waals surface area contributed by atoms with Gasteiger partial charge in [-0.3, -0.25) is 0 Å². The highest BCUT2D eigenvalue weighted by Crippen LogP contribution is 2.26. The van der Waals surface area contributed by atoms with Crippen molar-refractivity contribution < 1.29 is 14.2 Å². The third-order valence-corrected chi connectivity index (χ3v) is 2.91. The van der Waals surface area contributed by atoms with Crippen molar-refractivity contribution in [1.82, 2.24) is 0 Å². The lowest BCUT2D eigenvalue weighted by molar-refractivity contribution is 0.135. The van der Waals surface area contributed by atoms with Crippen molar-refractivity contribution in [3.05, 3.63) is 30.5 Å². The highest BCUT2D eigenvalue weighted by atomic mass is 16.5. The van der Waals surface area contributed by atoms with Gasteiger partial charge in [-0.1, -0.05) is 0 Å². The first-order chi connectivity index (χ1) is 8.81. The Balaban J connectivity index is 1.97. The number of nitrogens with one attached hydrogen (secondary N) is 1. The van der Waals surface area contributed by atoms with Crippen LogP contribution < -0.4 is 14.8 Å². The first kappa shape index (κ1) is 12.6. The summed E-state index contributed by atoms with van der Waals surface area (Å²) in [5.41, 5.74) is 0.976. The maximum atomic E-state index is 5.51. The van der Waals surface area contributed by atoms with Gasteiger partial charge in [0, 0.05) is 23.9 Å². The molecule has 0 radical (unpaired) electrons. The Kier molecular flexibility index (Phi) is 4.34. The van der Waals surface area contributed by atoms with Crippen LogP contribution in [0.2, 0.25) is 0 Å². The van der Waals surface area contributed by atoms with E-state index in [1.165, 1.54) is 0 Å². The third kappa shape index (κ3) is 3.32. The summed E-state index contributed by atoms with van der Waals surface area (Å²) in [7, 11) is 3.29. The number of ether oxygens (including phenoxy) is 3. The number of hydrogen-bond acceptors (Lipinski definition) is 4. The van der Waals surface area contributed by atoms with E-state index in [1.54, 1.807) is 20.5 Å². The number of benzene rings is 1. The van der Waals surface area contributed by atoms with Crippen LogP contribution in [0, 0.1) is 0 Å². The van der Waals surface area contributed by atoms with Crippen molar-refractivity contribution in [2.45, 2.75) is 18.9 Å². The summed E-state index contributed by atoms with van der Waals surface area (Å²) < 4.78 is 16.0. The fourth-order valence-electron chi connectivity index (χ4n) is 1.88. The van der Waals surface area contributed by atoms with Crippen LogP contribution in [0.1, 0.15) is 12.8 Å². The van der Waals surface area contributed by atoms with Crippen molar-refractivity contribution in [2.75, 3.05) is 26.1 Å². The average molecular weight is 249 g/mol. The van der Waals surface area contributed by atoms with Gasteiger partial charge in [0.25, 0.3) is 0 Å². The molecule has 1 N–H and O–H groups in total. The molecule has 0 amide bonds. The molecule has 0 saturated heterocycles. The maximum absolute atomic E-state index is 5.51. The molecule has 0 fully saturated rings. The zero-order valence-electron chi connectivity index (χ0n) is 10.8. The van der Waals surface area contributed by atoms with Crippen molar-refractivity contribution >= 4 is 5.69 Å². The number of anilines is 1. The van der Waals surface area contributed by atoms with Crippen LogP contribution in [0.5, 0.6) is 11.5 Å². The summed E-state index contributed by atoms with van der Waals surface area (Å²) >= 11 is 0. The summed E-state index contributed by atoms with van der Waals surface area (Å²) in [6.45, 7) is 0.778. The van der Waals surface area contributed by atoms with Gasteiger partial charge in [-0.2, -0.15) is 0 Å². The second kappa shape index (κ2) is 6.19. The molecule has 1 aliphatic rings. The topological polar surface area (TPSA) is 39.7 Å². The molecule has 4 heteroatoms. The molecule has 1 heterocycles. The predicted octanol–water partition coefficient (Wildman–Crippen LogP) is 2.81. The smallest absolute Gasteiger partial charge is 0.124 e. The summed E-state index contributed by atoms with van der Waals surface area (Å²) in [5, 5.41) is 3.34. The Morgan fingerprint density at radius 2 is 1.94 bits per heavy atom. The van der Waals surface area contributed by atoms with E-state index in [1.807, 2.05) is 24.3 Å². The minimum Gasteiger partial charge on any atom is -0.497 e. The Labute approximate surface area is 108 Å². The van der Waals surface area contributed by atoms with Crippen LogP contribution in [0.15, 0.2) is 30.5 Å². The molecule has 0 aromatic heterocycles. The van der Waals surface area contributed by atoms with Gasteiger partial charge < -0.3 is 19.5 Å². The molecule has 4 nitrogen and oxygen atoms in total. The quantitative estimate of drug-likeness (QED) is 0.871. The summed E-state index contributed by atoms with van der Waals surface area (Å²) in [4.78, 5) is 0. The number of methoxy groups -OCH3 is 2. The van der Waals surface area contributed by atoms with Crippen molar-refractivity contribution in [1.29, 1.82) is 0 Å². The zero-order valence-corrected chi connectivity index (χ0v) is 10.8. The van der Waals surface area contributed by atoms with Crippen molar-refractivity contribution in [3.63, 3.8) is 0 Å². The lowest BCUT2D eigenvalue weighted by Crippen LogP contribution is -2.22. The molecule has 0 aliphatic carbocycles. The molecule has 1 aromatic carbocycles. The fraction of sp³-hybridized carbons (Fsp3) is 0.429. The molecule has 1 aromatic rings. The van der Waals surface area contributed by atoms with E-state index in [9.17, 15) is 0 Å². The molecule has 1 unspecified atom stereocenters. The van der Waals surface area contributed by atoms with Gasteiger partial charge in [-0.05, 0) is 18.9 Å². The maximum Gasteiger partial charge on any atom is 0.124 e. The fourth-order valence-corrected chi connectivity index (χ4v) is 1.88. The van der Waals surface area contributed by atoms with E-state index in [4.69, 9.17) is 14.2 Å². The molecule has 0 bridgehead atoms. The van der Waals surface area contributed by atoms with Crippen molar-refractivity contribution in [2.24, 2.45) is 0 Å². The van der Waals surface area contributed by atoms with E-state index < -0.39 is 0 Å². The largest absolute Gasteiger partial charge is 0.497 e. The Hall–Kier alpha value is -1.84. The van der Waals surface area contributed by atoms with Gasteiger partial charge >= 0.3 is 0 Å². The minimum atomic E-state index is 0.229. The summed E-state index contributed by atoms with van der Waals surface area (Å²) in [5.74, 6) is 1.56. The molecule has 1 atom stereocenters. The molecule has 0 saturated carbocycles. The Morgan fingerprint density at radius 3 is 2.50 bits per heavy atom. The summed E-state index contributed by atoms with van der Waals surface area (Å²) in [6.07, 6.45) is 6.18. The van der Waals surface area contributed by atoms with Gasteiger partial charge in [0.05, 0.1) is 27.0 Å². The predicted molar refractivity (Wildman–Crippen MR) is 71.3 cm³/mol. The van der Waals surface area contributed by atoms with E-state index in [0.717, 1.165) is 36.6 Å². The van der Waals surface area contributed by atoms with Crippen LogP contribution in [-0.4, -0.2) is 26.9 Å². The lowest BCUT2D eigenvalue weighted by atomic mass is 10.1. The van der Waals surface area contributed by atoms with Gasteiger partial charge in [-0.15, -0.1) is 0 Å². The normalized spacial score (nSPS) is 18.0.